The van der Waals surface area contributed by atoms with E-state index < -0.39 is 28.1 Å². The predicted molar refractivity (Wildman–Crippen MR) is 43.1 cm³/mol. The lowest BCUT2D eigenvalue weighted by Crippen LogP contribution is -2.11. The Kier molecular flexibility index (Phi) is 2.42. The minimum absolute atomic E-state index is 0.473. The van der Waals surface area contributed by atoms with E-state index in [1.165, 1.54) is 0 Å². The Morgan fingerprint density at radius 1 is 1.23 bits per heavy atom. The molecule has 1 aromatic rings. The van der Waals surface area contributed by atoms with Gasteiger partial charge < -0.3 is 5.73 Å². The number of rotatable bonds is 0. The van der Waals surface area contributed by atoms with Crippen LogP contribution in [-0.4, -0.2) is 0 Å². The van der Waals surface area contributed by atoms with Crippen molar-refractivity contribution in [3.05, 3.63) is 23.5 Å². The minimum Gasteiger partial charge on any atom is -0.396 e. The molecule has 13 heavy (non-hydrogen) atoms. The lowest BCUT2D eigenvalue weighted by atomic mass is 10.2. The van der Waals surface area contributed by atoms with Gasteiger partial charge in [-0.2, -0.15) is 13.2 Å². The Balaban J connectivity index is 3.43. The van der Waals surface area contributed by atoms with Crippen LogP contribution in [0.2, 0.25) is 0 Å². The van der Waals surface area contributed by atoms with Gasteiger partial charge in [0.2, 0.25) is 0 Å². The summed E-state index contributed by atoms with van der Waals surface area (Å²) in [7, 11) is 0. The van der Waals surface area contributed by atoms with Crippen LogP contribution in [0.25, 0.3) is 0 Å². The third kappa shape index (κ3) is 1.88. The number of nitrogen functional groups attached to an aromatic ring is 1. The standard InChI is InChI=1S/C7H5F4NS/c8-6-3(12)1-2-4(13)5(6)7(9,10)11/h1-2,13H,12H2. The first-order valence-electron chi connectivity index (χ1n) is 3.18. The van der Waals surface area contributed by atoms with Gasteiger partial charge in [0.25, 0.3) is 0 Å². The summed E-state index contributed by atoms with van der Waals surface area (Å²) in [5, 5.41) is 0. The highest BCUT2D eigenvalue weighted by Crippen LogP contribution is 2.37. The first-order chi connectivity index (χ1) is 5.84. The van der Waals surface area contributed by atoms with Crippen LogP contribution in [0.4, 0.5) is 23.2 Å². The second kappa shape index (κ2) is 3.10. The van der Waals surface area contributed by atoms with Crippen LogP contribution in [0.3, 0.4) is 0 Å². The van der Waals surface area contributed by atoms with Crippen molar-refractivity contribution in [3.63, 3.8) is 0 Å². The predicted octanol–water partition coefficient (Wildman–Crippen LogP) is 2.72. The van der Waals surface area contributed by atoms with E-state index >= 15 is 0 Å². The van der Waals surface area contributed by atoms with Gasteiger partial charge in [-0.3, -0.25) is 0 Å². The van der Waals surface area contributed by atoms with E-state index in [4.69, 9.17) is 5.73 Å². The van der Waals surface area contributed by atoms with Crippen LogP contribution in [0.1, 0.15) is 5.56 Å². The normalized spacial score (nSPS) is 11.8. The second-order valence-electron chi connectivity index (χ2n) is 2.36. The first kappa shape index (κ1) is 10.2. The van der Waals surface area contributed by atoms with E-state index in [1.807, 2.05) is 0 Å². The molecule has 0 spiro atoms. The lowest BCUT2D eigenvalue weighted by Gasteiger charge is -2.11. The first-order valence-corrected chi connectivity index (χ1v) is 3.63. The van der Waals surface area contributed by atoms with Crippen molar-refractivity contribution in [2.45, 2.75) is 11.1 Å². The topological polar surface area (TPSA) is 26.0 Å². The monoisotopic (exact) mass is 211 g/mol. The fraction of sp³-hybridized carbons (Fsp3) is 0.143. The number of nitrogens with two attached hydrogens (primary N) is 1. The van der Waals surface area contributed by atoms with Crippen molar-refractivity contribution in [1.82, 2.24) is 0 Å². The highest BCUT2D eigenvalue weighted by atomic mass is 32.1. The zero-order chi connectivity index (χ0) is 10.2. The van der Waals surface area contributed by atoms with Gasteiger partial charge in [-0.1, -0.05) is 0 Å². The van der Waals surface area contributed by atoms with Gasteiger partial charge in [0.1, 0.15) is 5.56 Å². The third-order valence-electron chi connectivity index (χ3n) is 1.43. The van der Waals surface area contributed by atoms with Crippen molar-refractivity contribution in [3.8, 4) is 0 Å². The zero-order valence-electron chi connectivity index (χ0n) is 6.19. The zero-order valence-corrected chi connectivity index (χ0v) is 7.09. The smallest absolute Gasteiger partial charge is 0.396 e. The summed E-state index contributed by atoms with van der Waals surface area (Å²) in [5.74, 6) is -1.47. The van der Waals surface area contributed by atoms with Gasteiger partial charge in [0, 0.05) is 4.90 Å². The molecule has 1 nitrogen and oxygen atoms in total. The van der Waals surface area contributed by atoms with Gasteiger partial charge >= 0.3 is 6.18 Å². The maximum atomic E-state index is 12.9. The van der Waals surface area contributed by atoms with Gasteiger partial charge in [-0.25, -0.2) is 4.39 Å². The average Bonchev–Trinajstić information content (AvgIpc) is 1.95. The minimum atomic E-state index is -4.77. The highest BCUT2D eigenvalue weighted by molar-refractivity contribution is 7.80. The molecular weight excluding hydrogens is 206 g/mol. The number of hydrogen-bond donors (Lipinski definition) is 2. The Hall–Kier alpha value is -0.910. The summed E-state index contributed by atoms with van der Waals surface area (Å²) in [5.41, 5.74) is 3.02. The van der Waals surface area contributed by atoms with Gasteiger partial charge in [-0.05, 0) is 12.1 Å². The van der Waals surface area contributed by atoms with Crippen molar-refractivity contribution in [2.24, 2.45) is 0 Å². The number of anilines is 1. The van der Waals surface area contributed by atoms with Crippen LogP contribution in [0, 0.1) is 5.82 Å². The molecule has 72 valence electrons. The second-order valence-corrected chi connectivity index (χ2v) is 2.84. The van der Waals surface area contributed by atoms with Gasteiger partial charge in [0.05, 0.1) is 5.69 Å². The molecule has 1 rings (SSSR count). The SMILES string of the molecule is Nc1ccc(S)c(C(F)(F)F)c1F. The molecule has 0 bridgehead atoms. The summed E-state index contributed by atoms with van der Waals surface area (Å²) >= 11 is 3.49. The molecule has 0 aromatic heterocycles. The summed E-state index contributed by atoms with van der Waals surface area (Å²) < 4.78 is 49.3. The molecule has 0 amide bonds. The average molecular weight is 211 g/mol. The van der Waals surface area contributed by atoms with Gasteiger partial charge in [-0.15, -0.1) is 12.6 Å². The molecule has 0 atom stereocenters. The molecule has 0 fully saturated rings. The van der Waals surface area contributed by atoms with Crippen molar-refractivity contribution >= 4 is 18.3 Å². The largest absolute Gasteiger partial charge is 0.420 e. The van der Waals surface area contributed by atoms with Crippen molar-refractivity contribution in [1.29, 1.82) is 0 Å². The summed E-state index contributed by atoms with van der Waals surface area (Å²) in [6.45, 7) is 0. The fourth-order valence-electron chi connectivity index (χ4n) is 0.852. The Morgan fingerprint density at radius 2 is 1.77 bits per heavy atom. The summed E-state index contributed by atoms with van der Waals surface area (Å²) in [6, 6.07) is 2.04. The maximum Gasteiger partial charge on any atom is 0.420 e. The molecule has 0 unspecified atom stereocenters. The molecule has 0 radical (unpaired) electrons. The van der Waals surface area contributed by atoms with E-state index in [1.54, 1.807) is 0 Å². The number of thiol groups is 1. The molecule has 0 saturated heterocycles. The maximum absolute atomic E-state index is 12.9. The quantitative estimate of drug-likeness (QED) is 0.385. The number of hydrogen-bond acceptors (Lipinski definition) is 2. The molecule has 2 N–H and O–H groups in total. The van der Waals surface area contributed by atoms with E-state index in [0.29, 0.717) is 0 Å². The molecule has 0 aliphatic rings. The van der Waals surface area contributed by atoms with Gasteiger partial charge in [0.15, 0.2) is 5.82 Å². The lowest BCUT2D eigenvalue weighted by molar-refractivity contribution is -0.142. The molecule has 6 heteroatoms. The Labute approximate surface area is 77.0 Å². The van der Waals surface area contributed by atoms with Crippen LogP contribution < -0.4 is 5.73 Å². The van der Waals surface area contributed by atoms with E-state index in [9.17, 15) is 17.6 Å². The fourth-order valence-corrected chi connectivity index (χ4v) is 1.15. The van der Waals surface area contributed by atoms with Crippen LogP contribution in [-0.2, 0) is 6.18 Å². The molecule has 1 aromatic carbocycles. The van der Waals surface area contributed by atoms with Crippen molar-refractivity contribution < 1.29 is 17.6 Å². The van der Waals surface area contributed by atoms with Crippen LogP contribution >= 0.6 is 12.6 Å². The third-order valence-corrected chi connectivity index (χ3v) is 1.81. The van der Waals surface area contributed by atoms with E-state index in [2.05, 4.69) is 12.6 Å². The number of alkyl halides is 3. The molecule has 0 aliphatic heterocycles. The Morgan fingerprint density at radius 3 is 2.15 bits per heavy atom. The highest BCUT2D eigenvalue weighted by Gasteiger charge is 2.36. The molecular formula is C7H5F4NS. The molecule has 0 aliphatic carbocycles. The Bertz CT molecular complexity index is 334. The summed E-state index contributed by atoms with van der Waals surface area (Å²) in [4.78, 5) is -0.473. The number of benzene rings is 1. The summed E-state index contributed by atoms with van der Waals surface area (Å²) in [6.07, 6.45) is -4.77. The molecule has 0 saturated carbocycles. The van der Waals surface area contributed by atoms with E-state index in [0.717, 1.165) is 12.1 Å². The van der Waals surface area contributed by atoms with Crippen LogP contribution in [0.5, 0.6) is 0 Å². The molecule has 0 heterocycles. The number of halogens is 4. The van der Waals surface area contributed by atoms with Crippen LogP contribution in [0.15, 0.2) is 17.0 Å². The van der Waals surface area contributed by atoms with E-state index in [-0.39, 0.29) is 0 Å². The van der Waals surface area contributed by atoms with Crippen molar-refractivity contribution in [2.75, 3.05) is 5.73 Å².